The Hall–Kier alpha value is -0.970. The van der Waals surface area contributed by atoms with Gasteiger partial charge in [0.25, 0.3) is 0 Å². The molecular weight excluding hydrogens is 276 g/mol. The molecule has 0 saturated carbocycles. The molecule has 0 aliphatic carbocycles. The molecule has 114 valence electrons. The predicted octanol–water partition coefficient (Wildman–Crippen LogP) is 2.63. The van der Waals surface area contributed by atoms with Gasteiger partial charge in [-0.2, -0.15) is 0 Å². The van der Waals surface area contributed by atoms with E-state index in [2.05, 4.69) is 13.8 Å². The van der Waals surface area contributed by atoms with Gasteiger partial charge in [0.1, 0.15) is 0 Å². The second kappa shape index (κ2) is 7.72. The minimum absolute atomic E-state index is 0.236. The Morgan fingerprint density at radius 2 is 1.55 bits per heavy atom. The van der Waals surface area contributed by atoms with Crippen LogP contribution in [0.1, 0.15) is 25.3 Å². The van der Waals surface area contributed by atoms with Crippen LogP contribution >= 0.6 is 11.6 Å². The maximum atomic E-state index is 6.37. The number of halogens is 1. The fourth-order valence-corrected chi connectivity index (χ4v) is 2.76. The Balaban J connectivity index is 3.12. The first-order chi connectivity index (χ1) is 9.49. The summed E-state index contributed by atoms with van der Waals surface area (Å²) in [7, 11) is 3.21. The van der Waals surface area contributed by atoms with E-state index in [1.807, 2.05) is 6.07 Å². The molecule has 0 fully saturated rings. The van der Waals surface area contributed by atoms with Crippen LogP contribution in [0.4, 0.5) is 0 Å². The number of methoxy groups -OCH3 is 2. The smallest absolute Gasteiger partial charge is 0.162 e. The number of benzene rings is 1. The van der Waals surface area contributed by atoms with E-state index >= 15 is 0 Å². The molecule has 1 aromatic rings. The van der Waals surface area contributed by atoms with Gasteiger partial charge >= 0.3 is 0 Å². The van der Waals surface area contributed by atoms with Crippen LogP contribution in [0.5, 0.6) is 11.5 Å². The maximum absolute atomic E-state index is 6.37. The zero-order chi connectivity index (χ0) is 15.3. The van der Waals surface area contributed by atoms with Crippen molar-refractivity contribution < 1.29 is 9.47 Å². The molecule has 1 aromatic carbocycles. The lowest BCUT2D eigenvalue weighted by molar-refractivity contribution is 0.325. The topological polar surface area (TPSA) is 70.5 Å². The number of rotatable bonds is 7. The Kier molecular flexibility index (Phi) is 6.59. The number of hydrogen-bond acceptors (Lipinski definition) is 4. The molecule has 0 aliphatic rings. The Labute approximate surface area is 126 Å². The average molecular weight is 301 g/mol. The highest BCUT2D eigenvalue weighted by Crippen LogP contribution is 2.40. The summed E-state index contributed by atoms with van der Waals surface area (Å²) in [6.45, 7) is 5.44. The van der Waals surface area contributed by atoms with Gasteiger partial charge in [0.05, 0.1) is 14.2 Å². The minimum atomic E-state index is 0.236. The summed E-state index contributed by atoms with van der Waals surface area (Å²) in [6.07, 6.45) is 0. The normalized spacial score (nSPS) is 14.2. The highest BCUT2D eigenvalue weighted by molar-refractivity contribution is 6.31. The molecule has 2 atom stereocenters. The van der Waals surface area contributed by atoms with Gasteiger partial charge < -0.3 is 20.9 Å². The van der Waals surface area contributed by atoms with Crippen molar-refractivity contribution in [3.05, 3.63) is 22.7 Å². The van der Waals surface area contributed by atoms with Crippen molar-refractivity contribution in [2.24, 2.45) is 23.3 Å². The van der Waals surface area contributed by atoms with Crippen molar-refractivity contribution in [1.82, 2.24) is 0 Å². The first kappa shape index (κ1) is 17.1. The molecular formula is C15H25ClN2O2. The van der Waals surface area contributed by atoms with Gasteiger partial charge in [-0.05, 0) is 42.5 Å². The standard InChI is InChI=1S/C15H25ClN2O2/c1-9(11(7-17)8-18)10(2)12-5-14(19-3)15(20-4)6-13(12)16/h5-6,9-11H,7-8,17-18H2,1-4H3. The Morgan fingerprint density at radius 1 is 1.05 bits per heavy atom. The van der Waals surface area contributed by atoms with Gasteiger partial charge in [0.15, 0.2) is 11.5 Å². The molecule has 20 heavy (non-hydrogen) atoms. The first-order valence-electron chi connectivity index (χ1n) is 6.81. The molecule has 4 N–H and O–H groups in total. The summed E-state index contributed by atoms with van der Waals surface area (Å²) in [5.41, 5.74) is 12.6. The third-order valence-corrected chi connectivity index (χ3v) is 4.46. The minimum Gasteiger partial charge on any atom is -0.493 e. The van der Waals surface area contributed by atoms with Crippen molar-refractivity contribution in [3.63, 3.8) is 0 Å². The molecule has 5 heteroatoms. The zero-order valence-corrected chi connectivity index (χ0v) is 13.4. The van der Waals surface area contributed by atoms with Gasteiger partial charge in [-0.1, -0.05) is 25.4 Å². The average Bonchev–Trinajstić information content (AvgIpc) is 2.47. The molecule has 0 radical (unpaired) electrons. The molecule has 0 heterocycles. The highest BCUT2D eigenvalue weighted by atomic mass is 35.5. The number of hydrogen-bond donors (Lipinski definition) is 2. The monoisotopic (exact) mass is 300 g/mol. The molecule has 2 unspecified atom stereocenters. The first-order valence-corrected chi connectivity index (χ1v) is 7.19. The van der Waals surface area contributed by atoms with E-state index in [0.29, 0.717) is 35.5 Å². The summed E-state index contributed by atoms with van der Waals surface area (Å²) >= 11 is 6.37. The Morgan fingerprint density at radius 3 is 2.00 bits per heavy atom. The van der Waals surface area contributed by atoms with Gasteiger partial charge in [-0.15, -0.1) is 0 Å². The molecule has 0 aliphatic heterocycles. The van der Waals surface area contributed by atoms with Crippen LogP contribution in [-0.4, -0.2) is 27.3 Å². The van der Waals surface area contributed by atoms with Crippen molar-refractivity contribution in [3.8, 4) is 11.5 Å². The van der Waals surface area contributed by atoms with Gasteiger partial charge in [-0.3, -0.25) is 0 Å². The van der Waals surface area contributed by atoms with E-state index in [9.17, 15) is 0 Å². The number of ether oxygens (including phenoxy) is 2. The lowest BCUT2D eigenvalue weighted by atomic mass is 9.80. The van der Waals surface area contributed by atoms with Crippen LogP contribution in [0.25, 0.3) is 0 Å². The molecule has 0 spiro atoms. The van der Waals surface area contributed by atoms with Crippen LogP contribution in [0, 0.1) is 11.8 Å². The van der Waals surface area contributed by atoms with E-state index in [0.717, 1.165) is 5.56 Å². The van der Waals surface area contributed by atoms with Crippen LogP contribution < -0.4 is 20.9 Å². The lowest BCUT2D eigenvalue weighted by Crippen LogP contribution is -2.31. The van der Waals surface area contributed by atoms with Gasteiger partial charge in [0, 0.05) is 11.1 Å². The molecule has 0 bridgehead atoms. The molecule has 0 aromatic heterocycles. The maximum Gasteiger partial charge on any atom is 0.162 e. The number of nitrogens with two attached hydrogens (primary N) is 2. The van der Waals surface area contributed by atoms with Gasteiger partial charge in [-0.25, -0.2) is 0 Å². The van der Waals surface area contributed by atoms with E-state index in [1.54, 1.807) is 20.3 Å². The third-order valence-electron chi connectivity index (χ3n) is 4.13. The van der Waals surface area contributed by atoms with Crippen LogP contribution in [-0.2, 0) is 0 Å². The van der Waals surface area contributed by atoms with Crippen LogP contribution in [0.2, 0.25) is 5.02 Å². The van der Waals surface area contributed by atoms with Crippen molar-refractivity contribution in [2.45, 2.75) is 19.8 Å². The van der Waals surface area contributed by atoms with E-state index in [-0.39, 0.29) is 11.8 Å². The Bertz CT molecular complexity index is 436. The van der Waals surface area contributed by atoms with E-state index in [4.69, 9.17) is 32.5 Å². The quantitative estimate of drug-likeness (QED) is 0.812. The second-order valence-corrected chi connectivity index (χ2v) is 5.52. The second-order valence-electron chi connectivity index (χ2n) is 5.11. The van der Waals surface area contributed by atoms with E-state index < -0.39 is 0 Å². The summed E-state index contributed by atoms with van der Waals surface area (Å²) < 4.78 is 10.6. The largest absolute Gasteiger partial charge is 0.493 e. The van der Waals surface area contributed by atoms with E-state index in [1.165, 1.54) is 0 Å². The molecule has 0 amide bonds. The summed E-state index contributed by atoms with van der Waals surface area (Å²) in [4.78, 5) is 0. The van der Waals surface area contributed by atoms with Crippen LogP contribution in [0.3, 0.4) is 0 Å². The fourth-order valence-electron chi connectivity index (χ4n) is 2.44. The molecule has 4 nitrogen and oxygen atoms in total. The molecule has 0 saturated heterocycles. The zero-order valence-electron chi connectivity index (χ0n) is 12.7. The highest BCUT2D eigenvalue weighted by Gasteiger charge is 2.24. The lowest BCUT2D eigenvalue weighted by Gasteiger charge is -2.28. The summed E-state index contributed by atoms with van der Waals surface area (Å²) in [5.74, 6) is 2.16. The van der Waals surface area contributed by atoms with Crippen LogP contribution in [0.15, 0.2) is 12.1 Å². The fraction of sp³-hybridized carbons (Fsp3) is 0.600. The predicted molar refractivity (Wildman–Crippen MR) is 83.7 cm³/mol. The SMILES string of the molecule is COc1cc(Cl)c(C(C)C(C)C(CN)CN)cc1OC. The van der Waals surface area contributed by atoms with Crippen molar-refractivity contribution >= 4 is 11.6 Å². The van der Waals surface area contributed by atoms with Crippen molar-refractivity contribution in [2.75, 3.05) is 27.3 Å². The third kappa shape index (κ3) is 3.57. The van der Waals surface area contributed by atoms with Crippen molar-refractivity contribution in [1.29, 1.82) is 0 Å². The summed E-state index contributed by atoms with van der Waals surface area (Å²) in [5, 5.41) is 0.676. The molecule has 1 rings (SSSR count). The summed E-state index contributed by atoms with van der Waals surface area (Å²) in [6, 6.07) is 3.73. The van der Waals surface area contributed by atoms with Gasteiger partial charge in [0.2, 0.25) is 0 Å².